The minimum Gasteiger partial charge on any atom is -0.772 e. The van der Waals surface area contributed by atoms with Crippen LogP contribution in [0.4, 0.5) is 0 Å². The van der Waals surface area contributed by atoms with Crippen LogP contribution >= 0.6 is 0 Å². The Bertz CT molecular complexity index is 359. The van der Waals surface area contributed by atoms with Crippen molar-refractivity contribution in [3.05, 3.63) is 55.3 Å². The van der Waals surface area contributed by atoms with Crippen LogP contribution in [0.2, 0.25) is 0 Å². The van der Waals surface area contributed by atoms with E-state index in [1.54, 1.807) is 12.1 Å². The van der Waals surface area contributed by atoms with Gasteiger partial charge in [0.1, 0.15) is 5.75 Å². The fourth-order valence-corrected chi connectivity index (χ4v) is 1.27. The van der Waals surface area contributed by atoms with Crippen LogP contribution in [0.5, 0.6) is 5.75 Å². The molecule has 80 valence electrons. The van der Waals surface area contributed by atoms with Gasteiger partial charge in [0.25, 0.3) is 0 Å². The van der Waals surface area contributed by atoms with Gasteiger partial charge >= 0.3 is 0 Å². The molecule has 15 heavy (non-hydrogen) atoms. The summed E-state index contributed by atoms with van der Waals surface area (Å²) in [4.78, 5) is 0. The third-order valence-electron chi connectivity index (χ3n) is 1.67. The molecular weight excluding hydrogens is 212 g/mol. The molecule has 3 nitrogen and oxygen atoms in total. The highest BCUT2D eigenvalue weighted by Gasteiger charge is 1.97. The number of ether oxygens (including phenoxy) is 1. The summed E-state index contributed by atoms with van der Waals surface area (Å²) < 4.78 is 26.4. The van der Waals surface area contributed by atoms with Crippen molar-refractivity contribution in [1.82, 2.24) is 0 Å². The van der Waals surface area contributed by atoms with Crippen LogP contribution in [-0.4, -0.2) is 14.0 Å². The number of para-hydroxylation sites is 1. The van der Waals surface area contributed by atoms with E-state index in [0.29, 0.717) is 5.75 Å². The Morgan fingerprint density at radius 2 is 2.07 bits per heavy atom. The minimum atomic E-state index is -2.20. The van der Waals surface area contributed by atoms with E-state index in [0.717, 1.165) is 0 Å². The van der Waals surface area contributed by atoms with Gasteiger partial charge in [-0.25, -0.2) is 0 Å². The topological polar surface area (TPSA) is 49.4 Å². The van der Waals surface area contributed by atoms with Crippen molar-refractivity contribution < 1.29 is 13.5 Å². The summed E-state index contributed by atoms with van der Waals surface area (Å²) in [5, 5.41) is -0.714. The highest BCUT2D eigenvalue weighted by Crippen LogP contribution is 2.09. The lowest BCUT2D eigenvalue weighted by Crippen LogP contribution is -2.07. The summed E-state index contributed by atoms with van der Waals surface area (Å²) in [5.74, 6) is 0.660. The highest BCUT2D eigenvalue weighted by molar-refractivity contribution is 7.80. The summed E-state index contributed by atoms with van der Waals surface area (Å²) in [6.45, 7) is 3.41. The fraction of sp³-hybridized carbons (Fsp3) is 0.0909. The van der Waals surface area contributed by atoms with Crippen molar-refractivity contribution in [2.24, 2.45) is 0 Å². The molecule has 0 saturated carbocycles. The zero-order chi connectivity index (χ0) is 11.1. The van der Waals surface area contributed by atoms with E-state index < -0.39 is 16.3 Å². The van der Waals surface area contributed by atoms with Crippen molar-refractivity contribution in [3.63, 3.8) is 0 Å². The molecule has 0 bridgehead atoms. The lowest BCUT2D eigenvalue weighted by Gasteiger charge is -2.10. The van der Waals surface area contributed by atoms with Crippen molar-refractivity contribution in [2.45, 2.75) is 5.25 Å². The van der Waals surface area contributed by atoms with Gasteiger partial charge in [-0.3, -0.25) is 4.21 Å². The van der Waals surface area contributed by atoms with Crippen LogP contribution in [0, 0.1) is 0 Å². The van der Waals surface area contributed by atoms with Gasteiger partial charge in [0.15, 0.2) is 0 Å². The summed E-state index contributed by atoms with van der Waals surface area (Å²) >= 11 is -2.20. The number of rotatable bonds is 5. The van der Waals surface area contributed by atoms with Crippen molar-refractivity contribution in [1.29, 1.82) is 0 Å². The van der Waals surface area contributed by atoms with E-state index in [-0.39, 0.29) is 0 Å². The first-order valence-corrected chi connectivity index (χ1v) is 5.47. The molecule has 0 spiro atoms. The maximum absolute atomic E-state index is 10.6. The molecule has 0 heterocycles. The van der Waals surface area contributed by atoms with E-state index in [1.165, 1.54) is 18.4 Å². The molecule has 0 aromatic heterocycles. The normalized spacial score (nSPS) is 14.7. The average molecular weight is 223 g/mol. The van der Waals surface area contributed by atoms with E-state index in [2.05, 4.69) is 6.58 Å². The van der Waals surface area contributed by atoms with E-state index in [9.17, 15) is 8.76 Å². The zero-order valence-corrected chi connectivity index (χ0v) is 8.85. The molecule has 0 fully saturated rings. The molecule has 0 N–H and O–H groups in total. The zero-order valence-electron chi connectivity index (χ0n) is 8.04. The Morgan fingerprint density at radius 1 is 1.40 bits per heavy atom. The number of hydrogen-bond donors (Lipinski definition) is 0. The van der Waals surface area contributed by atoms with Crippen LogP contribution in [0.3, 0.4) is 0 Å². The van der Waals surface area contributed by atoms with Crippen LogP contribution < -0.4 is 4.74 Å². The third-order valence-corrected chi connectivity index (χ3v) is 2.46. The SMILES string of the molecule is C=CC(C=COc1ccccc1)S(=O)[O-]. The Morgan fingerprint density at radius 3 is 2.60 bits per heavy atom. The summed E-state index contributed by atoms with van der Waals surface area (Å²) in [7, 11) is 0. The van der Waals surface area contributed by atoms with E-state index in [4.69, 9.17) is 4.74 Å². The average Bonchev–Trinajstić information content (AvgIpc) is 2.25. The lowest BCUT2D eigenvalue weighted by atomic mass is 10.3. The second-order valence-electron chi connectivity index (χ2n) is 2.72. The predicted molar refractivity (Wildman–Crippen MR) is 59.1 cm³/mol. The molecule has 0 aliphatic heterocycles. The molecule has 2 unspecified atom stereocenters. The minimum absolute atomic E-state index is 0.660. The molecule has 0 aliphatic rings. The fourth-order valence-electron chi connectivity index (χ4n) is 0.916. The third kappa shape index (κ3) is 4.10. The van der Waals surface area contributed by atoms with E-state index >= 15 is 0 Å². The van der Waals surface area contributed by atoms with Gasteiger partial charge in [-0.15, -0.1) is 6.58 Å². The van der Waals surface area contributed by atoms with Crippen LogP contribution in [0.25, 0.3) is 0 Å². The first-order chi connectivity index (χ1) is 7.24. The van der Waals surface area contributed by atoms with Crippen LogP contribution in [-0.2, 0) is 11.1 Å². The van der Waals surface area contributed by atoms with Gasteiger partial charge in [0, 0.05) is 0 Å². The van der Waals surface area contributed by atoms with Gasteiger partial charge < -0.3 is 9.29 Å². The maximum Gasteiger partial charge on any atom is 0.126 e. The van der Waals surface area contributed by atoms with Crippen LogP contribution in [0.15, 0.2) is 55.3 Å². The predicted octanol–water partition coefficient (Wildman–Crippen LogP) is 2.01. The first kappa shape index (κ1) is 11.7. The molecule has 1 aromatic rings. The standard InChI is InChI=1S/C11H12O3S/c1-2-11(15(12)13)8-9-14-10-6-4-3-5-7-10/h2-9,11H,1H2,(H,12,13)/p-1. The van der Waals surface area contributed by atoms with Gasteiger partial charge in [-0.05, 0) is 29.3 Å². The molecule has 0 aliphatic carbocycles. The molecule has 0 amide bonds. The van der Waals surface area contributed by atoms with Gasteiger partial charge in [0.2, 0.25) is 0 Å². The largest absolute Gasteiger partial charge is 0.772 e. The second-order valence-corrected chi connectivity index (χ2v) is 3.79. The molecular formula is C11H11O3S-. The molecule has 1 rings (SSSR count). The monoisotopic (exact) mass is 223 g/mol. The Hall–Kier alpha value is -1.39. The molecule has 1 aromatic carbocycles. The quantitative estimate of drug-likeness (QED) is 0.436. The van der Waals surface area contributed by atoms with Crippen molar-refractivity contribution >= 4 is 11.1 Å². The molecule has 0 saturated heterocycles. The molecule has 0 radical (unpaired) electrons. The number of benzene rings is 1. The Kier molecular flexibility index (Phi) is 4.80. The van der Waals surface area contributed by atoms with Crippen molar-refractivity contribution in [3.8, 4) is 5.75 Å². The molecule has 4 heteroatoms. The van der Waals surface area contributed by atoms with E-state index in [1.807, 2.05) is 18.2 Å². The van der Waals surface area contributed by atoms with Crippen molar-refractivity contribution in [2.75, 3.05) is 0 Å². The lowest BCUT2D eigenvalue weighted by molar-refractivity contribution is 0.478. The smallest absolute Gasteiger partial charge is 0.126 e. The summed E-state index contributed by atoms with van der Waals surface area (Å²) in [5.41, 5.74) is 0. The van der Waals surface area contributed by atoms with Gasteiger partial charge in [-0.1, -0.05) is 24.3 Å². The second kappa shape index (κ2) is 6.16. The van der Waals surface area contributed by atoms with Crippen LogP contribution in [0.1, 0.15) is 0 Å². The van der Waals surface area contributed by atoms with Gasteiger partial charge in [0.05, 0.1) is 11.5 Å². The first-order valence-electron chi connectivity index (χ1n) is 4.33. The summed E-state index contributed by atoms with van der Waals surface area (Å²) in [6, 6.07) is 9.10. The maximum atomic E-state index is 10.6. The Labute approximate surface area is 91.4 Å². The molecule has 2 atom stereocenters. The highest BCUT2D eigenvalue weighted by atomic mass is 32.2. The Balaban J connectivity index is 2.52. The summed E-state index contributed by atoms with van der Waals surface area (Å²) in [6.07, 6.45) is 4.09. The van der Waals surface area contributed by atoms with Gasteiger partial charge in [-0.2, -0.15) is 0 Å². The number of hydrogen-bond acceptors (Lipinski definition) is 3.